The molecule has 44 heavy (non-hydrogen) atoms. The molecule has 0 spiro atoms. The van der Waals surface area contributed by atoms with Crippen molar-refractivity contribution in [1.29, 1.82) is 0 Å². The number of rotatable bonds is 12. The fraction of sp³-hybridized carbons (Fsp3) is 0.371. The van der Waals surface area contributed by atoms with E-state index in [-0.39, 0.29) is 32.3 Å². The molecule has 4 rings (SSSR count). The molecule has 2 N–H and O–H groups in total. The number of hydrogen-bond donors (Lipinski definition) is 2. The fourth-order valence-corrected chi connectivity index (χ4v) is 5.87. The largest absolute Gasteiger partial charge is 2.00 e. The topological polar surface area (TPSA) is 128 Å². The van der Waals surface area contributed by atoms with Crippen molar-refractivity contribution in [3.63, 3.8) is 0 Å². The van der Waals surface area contributed by atoms with E-state index in [0.717, 1.165) is 85.7 Å². The Bertz CT molecular complexity index is 1780. The van der Waals surface area contributed by atoms with Gasteiger partial charge in [0.1, 0.15) is 0 Å². The molecule has 0 bridgehead atoms. The van der Waals surface area contributed by atoms with Crippen molar-refractivity contribution < 1.29 is 39.3 Å². The Balaban J connectivity index is 0.00000529. The average Bonchev–Trinajstić information content (AvgIpc) is 3.65. The Hall–Kier alpha value is -3.84. The van der Waals surface area contributed by atoms with Crippen LogP contribution in [0.15, 0.2) is 44.6 Å². The molecule has 2 aromatic rings. The Kier molecular flexibility index (Phi) is 11.6. The molecule has 0 aromatic carbocycles. The van der Waals surface area contributed by atoms with Crippen molar-refractivity contribution in [2.24, 2.45) is 9.98 Å². The van der Waals surface area contributed by atoms with Gasteiger partial charge < -0.3 is 20.2 Å². The zero-order valence-corrected chi connectivity index (χ0v) is 29.6. The normalized spacial score (nSPS) is 16.6. The van der Waals surface area contributed by atoms with Crippen molar-refractivity contribution in [2.75, 3.05) is 6.54 Å². The number of carboxylic acids is 2. The van der Waals surface area contributed by atoms with Crippen molar-refractivity contribution in [1.82, 2.24) is 9.97 Å². The summed E-state index contributed by atoms with van der Waals surface area (Å²) in [4.78, 5) is 42.1. The second-order valence-corrected chi connectivity index (χ2v) is 11.0. The van der Waals surface area contributed by atoms with Crippen molar-refractivity contribution in [3.05, 3.63) is 78.9 Å². The van der Waals surface area contributed by atoms with E-state index >= 15 is 0 Å². The second kappa shape index (κ2) is 14.8. The molecule has 0 radical (unpaired) electrons. The van der Waals surface area contributed by atoms with Crippen molar-refractivity contribution in [3.8, 4) is 0 Å². The first kappa shape index (κ1) is 34.7. The molecule has 8 nitrogen and oxygen atoms in total. The van der Waals surface area contributed by atoms with Crippen LogP contribution < -0.4 is 20.7 Å². The SMILES string of the molecule is C=Cc1[n-]c(/C=C2N=C(/C=c3\[n-]/c(=C\C4=NCC(C)=C4CCC(=O)O)c(CCC(=O)O)c3C)C(CC)=C\2C)c(CC)c1C.[Zn+2]. The predicted molar refractivity (Wildman–Crippen MR) is 173 cm³/mol. The Morgan fingerprint density at radius 3 is 2.09 bits per heavy atom. The minimum absolute atomic E-state index is 0. The van der Waals surface area contributed by atoms with Gasteiger partial charge in [-0.05, 0) is 75.7 Å². The van der Waals surface area contributed by atoms with Crippen LogP contribution in [0.25, 0.3) is 24.3 Å². The summed E-state index contributed by atoms with van der Waals surface area (Å²) in [6.07, 6.45) is 10.1. The molecule has 0 aliphatic carbocycles. The zero-order chi connectivity index (χ0) is 31.4. The summed E-state index contributed by atoms with van der Waals surface area (Å²) in [6, 6.07) is 0. The molecule has 0 atom stereocenters. The van der Waals surface area contributed by atoms with Crippen LogP contribution in [0.3, 0.4) is 0 Å². The molecular weight excluding hydrogens is 606 g/mol. The summed E-state index contributed by atoms with van der Waals surface area (Å²) in [5.41, 5.74) is 12.5. The second-order valence-electron chi connectivity index (χ2n) is 11.0. The predicted octanol–water partition coefficient (Wildman–Crippen LogP) is 4.86. The Labute approximate surface area is 271 Å². The number of carboxylic acid groups (broad SMARTS) is 2. The van der Waals surface area contributed by atoms with Crippen LogP contribution in [0.5, 0.6) is 0 Å². The van der Waals surface area contributed by atoms with Gasteiger partial charge in [0, 0.05) is 12.8 Å². The maximum Gasteiger partial charge on any atom is 2.00 e. The third kappa shape index (κ3) is 7.27. The summed E-state index contributed by atoms with van der Waals surface area (Å²) >= 11 is 0. The van der Waals surface area contributed by atoms with E-state index in [1.54, 1.807) is 6.08 Å². The maximum absolute atomic E-state index is 11.5. The number of aliphatic carboxylic acids is 2. The Morgan fingerprint density at radius 1 is 0.818 bits per heavy atom. The molecule has 226 valence electrons. The first-order valence-corrected chi connectivity index (χ1v) is 14.8. The molecule has 2 aliphatic rings. The van der Waals surface area contributed by atoms with Crippen LogP contribution >= 0.6 is 0 Å². The van der Waals surface area contributed by atoms with Crippen LogP contribution in [-0.2, 0) is 41.9 Å². The van der Waals surface area contributed by atoms with E-state index in [4.69, 9.17) is 15.0 Å². The van der Waals surface area contributed by atoms with Gasteiger partial charge in [-0.25, -0.2) is 4.99 Å². The fourth-order valence-electron chi connectivity index (χ4n) is 5.87. The average molecular weight is 646 g/mol. The van der Waals surface area contributed by atoms with Crippen molar-refractivity contribution >= 4 is 47.7 Å². The molecule has 0 saturated carbocycles. The van der Waals surface area contributed by atoms with Gasteiger partial charge in [0.2, 0.25) is 0 Å². The molecule has 0 fully saturated rings. The molecular formula is C35H40N4O4Zn. The van der Waals surface area contributed by atoms with E-state index in [0.29, 0.717) is 24.7 Å². The molecule has 2 aromatic heterocycles. The summed E-state index contributed by atoms with van der Waals surface area (Å²) < 4.78 is 0. The molecule has 2 aliphatic heterocycles. The minimum atomic E-state index is -0.877. The summed E-state index contributed by atoms with van der Waals surface area (Å²) in [6.45, 7) is 16.7. The third-order valence-corrected chi connectivity index (χ3v) is 8.37. The zero-order valence-electron chi connectivity index (χ0n) is 26.7. The molecule has 0 unspecified atom stereocenters. The van der Waals surface area contributed by atoms with Gasteiger partial charge in [-0.15, -0.1) is 28.7 Å². The van der Waals surface area contributed by atoms with E-state index in [2.05, 4.69) is 45.3 Å². The summed E-state index contributed by atoms with van der Waals surface area (Å²) in [5.74, 6) is -1.73. The van der Waals surface area contributed by atoms with Crippen LogP contribution in [0.2, 0.25) is 0 Å². The number of nitrogens with zero attached hydrogens (tertiary/aromatic N) is 4. The van der Waals surface area contributed by atoms with Gasteiger partial charge in [0.25, 0.3) is 0 Å². The Morgan fingerprint density at radius 2 is 1.48 bits per heavy atom. The number of aliphatic imine (C=N–C) groups is 2. The summed E-state index contributed by atoms with van der Waals surface area (Å²) in [5, 5.41) is 20.1. The first-order valence-electron chi connectivity index (χ1n) is 14.8. The van der Waals surface area contributed by atoms with E-state index in [9.17, 15) is 19.8 Å². The number of carbonyl (C=O) groups is 2. The van der Waals surface area contributed by atoms with Gasteiger partial charge in [0.05, 0.1) is 23.7 Å². The number of aromatic nitrogens is 2. The van der Waals surface area contributed by atoms with Gasteiger partial charge in [-0.2, -0.15) is 0 Å². The van der Waals surface area contributed by atoms with E-state index in [1.807, 2.05) is 26.0 Å². The summed E-state index contributed by atoms with van der Waals surface area (Å²) in [7, 11) is 0. The first-order chi connectivity index (χ1) is 20.5. The van der Waals surface area contributed by atoms with E-state index in [1.165, 1.54) is 5.56 Å². The van der Waals surface area contributed by atoms with Gasteiger partial charge in [-0.1, -0.05) is 60.4 Å². The number of allylic oxidation sites excluding steroid dienone is 3. The van der Waals surface area contributed by atoms with E-state index < -0.39 is 11.9 Å². The maximum atomic E-state index is 11.5. The van der Waals surface area contributed by atoms with Crippen molar-refractivity contribution in [2.45, 2.75) is 80.1 Å². The van der Waals surface area contributed by atoms with Crippen LogP contribution in [0, 0.1) is 13.8 Å². The van der Waals surface area contributed by atoms with Gasteiger partial charge >= 0.3 is 31.4 Å². The molecule has 4 heterocycles. The smallest absolute Gasteiger partial charge is 0.657 e. The molecule has 0 amide bonds. The number of hydrogen-bond acceptors (Lipinski definition) is 4. The monoisotopic (exact) mass is 644 g/mol. The van der Waals surface area contributed by atoms with Crippen LogP contribution in [-0.4, -0.2) is 40.1 Å². The molecule has 9 heteroatoms. The van der Waals surface area contributed by atoms with Crippen LogP contribution in [0.1, 0.15) is 87.0 Å². The quantitative estimate of drug-likeness (QED) is 0.318. The molecule has 0 saturated heterocycles. The minimum Gasteiger partial charge on any atom is -0.657 e. The van der Waals surface area contributed by atoms with Crippen LogP contribution in [0.4, 0.5) is 0 Å². The van der Waals surface area contributed by atoms with Gasteiger partial charge in [0.15, 0.2) is 0 Å². The standard InChI is InChI=1S/C35H42N4O4.Zn/c1-8-23-20(5)27(10-3)37-31(23)15-28-21(6)24(9-2)32(38-28)16-29-22(7)26(12-14-35(42)43)33(39-29)17-30-25(11-13-34(40)41)19(4)18-36-30;/h10,15-17H,3,8-9,11-14,18H2,1-2,4-7H3,(H4,36,37,38,39,40,41,42,43);/q;+2/p-2. The third-order valence-electron chi connectivity index (χ3n) is 8.37. The van der Waals surface area contributed by atoms with Gasteiger partial charge in [-0.3, -0.25) is 14.6 Å².